The molecule has 1 amide bonds. The molecular weight excluding hydrogens is 561 g/mol. The molecule has 1 N–H and O–H groups in total. The summed E-state index contributed by atoms with van der Waals surface area (Å²) in [4.78, 5) is 19.9. The Labute approximate surface area is 254 Å². The normalized spacial score (nSPS) is 12.2. The Hall–Kier alpha value is -4.53. The van der Waals surface area contributed by atoms with E-state index in [1.165, 1.54) is 34.6 Å². The van der Waals surface area contributed by atoms with Gasteiger partial charge in [-0.15, -0.1) is 11.3 Å². The maximum absolute atomic E-state index is 13.2. The van der Waals surface area contributed by atoms with Crippen LogP contribution in [-0.4, -0.2) is 29.1 Å². The van der Waals surface area contributed by atoms with Gasteiger partial charge in [0.2, 0.25) is 6.79 Å². The molecule has 1 aromatic heterocycles. The number of carbonyl (C=O) groups excluding carboxylic acids is 1. The molecule has 6 rings (SSSR count). The first kappa shape index (κ1) is 28.6. The topological polar surface area (TPSA) is 63.7 Å². The van der Waals surface area contributed by atoms with Gasteiger partial charge in [-0.1, -0.05) is 78.9 Å². The van der Waals surface area contributed by atoms with E-state index in [1.807, 2.05) is 24.3 Å². The highest BCUT2D eigenvalue weighted by Crippen LogP contribution is 2.33. The van der Waals surface area contributed by atoms with Gasteiger partial charge in [0.15, 0.2) is 11.5 Å². The molecule has 0 spiro atoms. The van der Waals surface area contributed by atoms with Crippen LogP contribution in [0.3, 0.4) is 0 Å². The Kier molecular flexibility index (Phi) is 9.06. The van der Waals surface area contributed by atoms with Gasteiger partial charge in [0.05, 0.1) is 6.54 Å². The van der Waals surface area contributed by atoms with Gasteiger partial charge >= 0.3 is 0 Å². The van der Waals surface area contributed by atoms with Crippen LogP contribution in [0.25, 0.3) is 0 Å². The highest BCUT2D eigenvalue weighted by molar-refractivity contribution is 7.09. The summed E-state index contributed by atoms with van der Waals surface area (Å²) >= 11 is 1.48. The van der Waals surface area contributed by atoms with Gasteiger partial charge in [0.1, 0.15) is 16.5 Å². The Morgan fingerprint density at radius 3 is 2.26 bits per heavy atom. The molecule has 1 aliphatic heterocycles. The largest absolute Gasteiger partial charge is 0.454 e. The Balaban J connectivity index is 1.18. The number of hydrogen-bond donors (Lipinski definition) is 1. The van der Waals surface area contributed by atoms with E-state index < -0.39 is 0 Å². The van der Waals surface area contributed by atoms with Crippen molar-refractivity contribution in [2.45, 2.75) is 32.0 Å². The van der Waals surface area contributed by atoms with E-state index in [4.69, 9.17) is 9.47 Å². The minimum atomic E-state index is -0.302. The highest BCUT2D eigenvalue weighted by atomic mass is 32.1. The van der Waals surface area contributed by atoms with Crippen LogP contribution in [0.4, 0.5) is 4.39 Å². The number of nitrogens with zero attached hydrogens (tertiary/aromatic N) is 2. The van der Waals surface area contributed by atoms with E-state index in [9.17, 15) is 9.18 Å². The van der Waals surface area contributed by atoms with Crippen molar-refractivity contribution in [2.24, 2.45) is 0 Å². The van der Waals surface area contributed by atoms with Gasteiger partial charge in [-0.3, -0.25) is 9.69 Å². The summed E-state index contributed by atoms with van der Waals surface area (Å²) in [5.74, 6) is 1.22. The zero-order valence-corrected chi connectivity index (χ0v) is 24.4. The van der Waals surface area contributed by atoms with Crippen LogP contribution in [0.2, 0.25) is 0 Å². The van der Waals surface area contributed by atoms with Crippen LogP contribution in [-0.2, 0) is 19.6 Å². The number of ether oxygens (including phenoxy) is 2. The third-order valence-electron chi connectivity index (χ3n) is 7.49. The van der Waals surface area contributed by atoms with E-state index in [0.717, 1.165) is 40.6 Å². The number of nitrogens with one attached hydrogen (secondary N) is 1. The fourth-order valence-corrected chi connectivity index (χ4v) is 6.09. The Bertz CT molecular complexity index is 1610. The Morgan fingerprint density at radius 1 is 0.860 bits per heavy atom. The zero-order valence-electron chi connectivity index (χ0n) is 23.6. The summed E-state index contributed by atoms with van der Waals surface area (Å²) in [6.07, 6.45) is 0.912. The molecule has 218 valence electrons. The first-order valence-electron chi connectivity index (χ1n) is 14.3. The summed E-state index contributed by atoms with van der Waals surface area (Å²) in [5, 5.41) is 5.55. The predicted molar refractivity (Wildman–Crippen MR) is 166 cm³/mol. The molecule has 43 heavy (non-hydrogen) atoms. The molecule has 0 bridgehead atoms. The summed E-state index contributed by atoms with van der Waals surface area (Å²) in [7, 11) is 0. The second-order valence-electron chi connectivity index (χ2n) is 10.5. The molecule has 0 saturated carbocycles. The van der Waals surface area contributed by atoms with Gasteiger partial charge in [-0.25, -0.2) is 9.37 Å². The molecule has 5 aromatic rings. The second kappa shape index (κ2) is 13.6. The summed E-state index contributed by atoms with van der Waals surface area (Å²) in [6.45, 7) is 2.65. The van der Waals surface area contributed by atoms with Gasteiger partial charge < -0.3 is 14.8 Å². The van der Waals surface area contributed by atoms with Crippen LogP contribution < -0.4 is 14.8 Å². The lowest BCUT2D eigenvalue weighted by Crippen LogP contribution is -2.26. The zero-order chi connectivity index (χ0) is 29.4. The number of benzene rings is 4. The molecule has 0 saturated heterocycles. The molecule has 0 aliphatic carbocycles. The molecular formula is C35H32FN3O3S. The van der Waals surface area contributed by atoms with Crippen molar-refractivity contribution < 1.29 is 18.7 Å². The predicted octanol–water partition coefficient (Wildman–Crippen LogP) is 7.17. The number of hydrogen-bond acceptors (Lipinski definition) is 6. The van der Waals surface area contributed by atoms with Crippen molar-refractivity contribution in [3.63, 3.8) is 0 Å². The summed E-state index contributed by atoms with van der Waals surface area (Å²) < 4.78 is 24.4. The smallest absolute Gasteiger partial charge is 0.271 e. The standard InChI is InChI=1S/C35H32FN3O3S/c36-29-14-11-25(12-15-29)20-37-35(40)31-23-43-34(38-31)22-39(21-26-13-16-32-33(19-26)42-24-41-32)18-17-30(27-7-3-1-4-8-27)28-9-5-2-6-10-28/h1-16,19,23,30H,17-18,20-22,24H2,(H,37,40). The van der Waals surface area contributed by atoms with Crippen molar-refractivity contribution >= 4 is 17.2 Å². The van der Waals surface area contributed by atoms with Crippen LogP contribution in [0.15, 0.2) is 109 Å². The van der Waals surface area contributed by atoms with Crippen molar-refractivity contribution in [3.05, 3.63) is 147 Å². The second-order valence-corrected chi connectivity index (χ2v) is 11.4. The molecule has 0 atom stereocenters. The van der Waals surface area contributed by atoms with Crippen molar-refractivity contribution in [3.8, 4) is 11.5 Å². The first-order chi connectivity index (χ1) is 21.1. The number of amides is 1. The number of thiazole rings is 1. The summed E-state index contributed by atoms with van der Waals surface area (Å²) in [6, 6.07) is 33.4. The van der Waals surface area contributed by atoms with E-state index in [-0.39, 0.29) is 24.4 Å². The monoisotopic (exact) mass is 593 g/mol. The van der Waals surface area contributed by atoms with E-state index >= 15 is 0 Å². The minimum Gasteiger partial charge on any atom is -0.454 e. The van der Waals surface area contributed by atoms with Crippen LogP contribution in [0.1, 0.15) is 50.1 Å². The number of rotatable bonds is 12. The lowest BCUT2D eigenvalue weighted by molar-refractivity contribution is 0.0946. The Morgan fingerprint density at radius 2 is 1.53 bits per heavy atom. The third-order valence-corrected chi connectivity index (χ3v) is 8.32. The molecule has 6 nitrogen and oxygen atoms in total. The van der Waals surface area contributed by atoms with Crippen LogP contribution in [0, 0.1) is 5.82 Å². The molecule has 8 heteroatoms. The highest BCUT2D eigenvalue weighted by Gasteiger charge is 2.20. The van der Waals surface area contributed by atoms with Gasteiger partial charge in [0.25, 0.3) is 5.91 Å². The third kappa shape index (κ3) is 7.46. The number of carbonyl (C=O) groups is 1. The lowest BCUT2D eigenvalue weighted by atomic mass is 9.88. The van der Waals surface area contributed by atoms with E-state index in [0.29, 0.717) is 25.3 Å². The lowest BCUT2D eigenvalue weighted by Gasteiger charge is -2.25. The van der Waals surface area contributed by atoms with Gasteiger partial charge in [0, 0.05) is 24.4 Å². The molecule has 4 aromatic carbocycles. The molecule has 2 heterocycles. The maximum atomic E-state index is 13.2. The number of halogens is 1. The average molecular weight is 594 g/mol. The van der Waals surface area contributed by atoms with Crippen molar-refractivity contribution in [1.29, 1.82) is 0 Å². The van der Waals surface area contributed by atoms with Crippen molar-refractivity contribution in [1.82, 2.24) is 15.2 Å². The van der Waals surface area contributed by atoms with E-state index in [1.54, 1.807) is 17.5 Å². The average Bonchev–Trinajstić information content (AvgIpc) is 3.71. The van der Waals surface area contributed by atoms with Crippen LogP contribution in [0.5, 0.6) is 11.5 Å². The minimum absolute atomic E-state index is 0.240. The summed E-state index contributed by atoms with van der Waals surface area (Å²) in [5.41, 5.74) is 4.90. The van der Waals surface area contributed by atoms with Crippen molar-refractivity contribution in [2.75, 3.05) is 13.3 Å². The van der Waals surface area contributed by atoms with Crippen LogP contribution >= 0.6 is 11.3 Å². The fraction of sp³-hybridized carbons (Fsp3) is 0.200. The SMILES string of the molecule is O=C(NCc1ccc(F)cc1)c1csc(CN(CCC(c2ccccc2)c2ccccc2)Cc2ccc3c(c2)OCO3)n1. The molecule has 0 unspecified atom stereocenters. The van der Waals surface area contributed by atoms with E-state index in [2.05, 4.69) is 69.8 Å². The number of aromatic nitrogens is 1. The maximum Gasteiger partial charge on any atom is 0.271 e. The molecule has 0 fully saturated rings. The molecule has 0 radical (unpaired) electrons. The number of fused-ring (bicyclic) bond motifs is 1. The molecule has 1 aliphatic rings. The quantitative estimate of drug-likeness (QED) is 0.166. The van der Waals surface area contributed by atoms with Gasteiger partial charge in [-0.2, -0.15) is 0 Å². The fourth-order valence-electron chi connectivity index (χ4n) is 5.27. The van der Waals surface area contributed by atoms with Gasteiger partial charge in [-0.05, 0) is 59.5 Å². The first-order valence-corrected chi connectivity index (χ1v) is 15.2.